The van der Waals surface area contributed by atoms with E-state index in [9.17, 15) is 14.0 Å². The minimum Gasteiger partial charge on any atom is -0.493 e. The Hall–Kier alpha value is -3.87. The van der Waals surface area contributed by atoms with Crippen LogP contribution in [0.1, 0.15) is 42.1 Å². The van der Waals surface area contributed by atoms with Crippen LogP contribution in [0.15, 0.2) is 66.7 Å². The van der Waals surface area contributed by atoms with Crippen LogP contribution in [0.3, 0.4) is 0 Å². The highest BCUT2D eigenvalue weighted by Crippen LogP contribution is 2.29. The van der Waals surface area contributed by atoms with Crippen molar-refractivity contribution in [2.75, 3.05) is 24.4 Å². The molecule has 0 aliphatic carbocycles. The summed E-state index contributed by atoms with van der Waals surface area (Å²) >= 11 is 0. The zero-order chi connectivity index (χ0) is 23.8. The molecule has 3 aromatic carbocycles. The molecular formula is C26H27FN2O4. The van der Waals surface area contributed by atoms with Crippen molar-refractivity contribution in [3.8, 4) is 11.5 Å². The van der Waals surface area contributed by atoms with E-state index in [0.29, 0.717) is 34.4 Å². The van der Waals surface area contributed by atoms with Crippen molar-refractivity contribution >= 4 is 23.2 Å². The van der Waals surface area contributed by atoms with Crippen LogP contribution in [-0.4, -0.2) is 25.5 Å². The molecule has 0 heterocycles. The van der Waals surface area contributed by atoms with Gasteiger partial charge in [0.1, 0.15) is 5.82 Å². The average Bonchev–Trinajstić information content (AvgIpc) is 2.84. The molecule has 0 spiro atoms. The lowest BCUT2D eigenvalue weighted by Gasteiger charge is -2.13. The molecular weight excluding hydrogens is 423 g/mol. The van der Waals surface area contributed by atoms with Gasteiger partial charge in [0.2, 0.25) is 0 Å². The average molecular weight is 451 g/mol. The minimum atomic E-state index is -0.411. The molecule has 6 nitrogen and oxygen atoms in total. The molecule has 0 saturated heterocycles. The topological polar surface area (TPSA) is 76.7 Å². The van der Waals surface area contributed by atoms with Crippen molar-refractivity contribution in [2.45, 2.75) is 26.2 Å². The fourth-order valence-electron chi connectivity index (χ4n) is 3.14. The van der Waals surface area contributed by atoms with Crippen LogP contribution in [0.25, 0.3) is 0 Å². The van der Waals surface area contributed by atoms with Crippen LogP contribution in [0.5, 0.6) is 11.5 Å². The van der Waals surface area contributed by atoms with E-state index in [1.54, 1.807) is 18.2 Å². The molecule has 0 aromatic heterocycles. The van der Waals surface area contributed by atoms with Crippen LogP contribution >= 0.6 is 0 Å². The molecule has 0 fully saturated rings. The highest BCUT2D eigenvalue weighted by molar-refractivity contribution is 6.04. The van der Waals surface area contributed by atoms with Gasteiger partial charge in [-0.3, -0.25) is 9.59 Å². The van der Waals surface area contributed by atoms with Crippen molar-refractivity contribution in [2.24, 2.45) is 0 Å². The highest BCUT2D eigenvalue weighted by Gasteiger charge is 2.13. The first-order chi connectivity index (χ1) is 15.9. The van der Waals surface area contributed by atoms with E-state index in [1.165, 1.54) is 36.9 Å². The van der Waals surface area contributed by atoms with E-state index in [-0.39, 0.29) is 18.3 Å². The Bertz CT molecular complexity index is 1100. The normalized spacial score (nSPS) is 11.4. The van der Waals surface area contributed by atoms with Gasteiger partial charge in [-0.2, -0.15) is 0 Å². The van der Waals surface area contributed by atoms with Gasteiger partial charge in [-0.25, -0.2) is 4.39 Å². The van der Waals surface area contributed by atoms with Gasteiger partial charge in [-0.15, -0.1) is 0 Å². The number of methoxy groups -OCH3 is 1. The van der Waals surface area contributed by atoms with E-state index < -0.39 is 5.91 Å². The van der Waals surface area contributed by atoms with E-state index in [4.69, 9.17) is 9.47 Å². The number of ether oxygens (including phenoxy) is 2. The first-order valence-corrected chi connectivity index (χ1v) is 10.7. The molecule has 172 valence electrons. The van der Waals surface area contributed by atoms with Gasteiger partial charge < -0.3 is 20.1 Å². The Balaban J connectivity index is 1.60. The fourth-order valence-corrected chi connectivity index (χ4v) is 3.14. The Morgan fingerprint density at radius 1 is 0.909 bits per heavy atom. The molecule has 0 aliphatic rings. The monoisotopic (exact) mass is 450 g/mol. The quantitative estimate of drug-likeness (QED) is 0.444. The highest BCUT2D eigenvalue weighted by atomic mass is 19.1. The number of carbonyl (C=O) groups excluding carboxylic acids is 2. The molecule has 1 unspecified atom stereocenters. The van der Waals surface area contributed by atoms with Gasteiger partial charge in [0.25, 0.3) is 11.8 Å². The smallest absolute Gasteiger partial charge is 0.262 e. The number of benzene rings is 3. The van der Waals surface area contributed by atoms with E-state index in [1.807, 2.05) is 24.3 Å². The molecule has 2 amide bonds. The maximum absolute atomic E-state index is 13.0. The van der Waals surface area contributed by atoms with Crippen molar-refractivity contribution in [3.05, 3.63) is 83.7 Å². The summed E-state index contributed by atoms with van der Waals surface area (Å²) in [5.74, 6) is 0.0209. The third-order valence-corrected chi connectivity index (χ3v) is 5.26. The summed E-state index contributed by atoms with van der Waals surface area (Å²) in [5.41, 5.74) is 2.77. The second kappa shape index (κ2) is 11.1. The molecule has 3 rings (SSSR count). The zero-order valence-electron chi connectivity index (χ0n) is 18.9. The molecule has 33 heavy (non-hydrogen) atoms. The predicted octanol–water partition coefficient (Wildman–Crippen LogP) is 5.62. The summed E-state index contributed by atoms with van der Waals surface area (Å²) in [6.45, 7) is 4.02. The zero-order valence-corrected chi connectivity index (χ0v) is 18.9. The summed E-state index contributed by atoms with van der Waals surface area (Å²) in [5, 5.41) is 5.48. The number of hydrogen-bond donors (Lipinski definition) is 2. The van der Waals surface area contributed by atoms with Crippen LogP contribution in [0.4, 0.5) is 15.8 Å². The lowest BCUT2D eigenvalue weighted by atomic mass is 9.98. The summed E-state index contributed by atoms with van der Waals surface area (Å²) < 4.78 is 23.8. The Morgan fingerprint density at radius 3 is 2.18 bits per heavy atom. The standard InChI is InChI=1S/C26H27FN2O4/c1-4-17(2)18-5-10-22(11-6-18)29-26(31)19-7-14-23(24(15-19)32-3)33-16-25(30)28-21-12-8-20(27)9-13-21/h5-15,17H,4,16H2,1-3H3,(H,28,30)(H,29,31). The molecule has 0 aliphatic heterocycles. The summed E-state index contributed by atoms with van der Waals surface area (Å²) in [4.78, 5) is 24.8. The summed E-state index contributed by atoms with van der Waals surface area (Å²) in [6, 6.07) is 17.9. The Labute approximate surface area is 192 Å². The van der Waals surface area contributed by atoms with Crippen LogP contribution in [0, 0.1) is 5.82 Å². The molecule has 0 radical (unpaired) electrons. The lowest BCUT2D eigenvalue weighted by Crippen LogP contribution is -2.20. The van der Waals surface area contributed by atoms with E-state index in [2.05, 4.69) is 24.5 Å². The van der Waals surface area contributed by atoms with Gasteiger partial charge in [0, 0.05) is 16.9 Å². The second-order valence-corrected chi connectivity index (χ2v) is 7.59. The first kappa shape index (κ1) is 23.8. The number of rotatable bonds is 9. The molecule has 0 saturated carbocycles. The van der Waals surface area contributed by atoms with Crippen LogP contribution in [-0.2, 0) is 4.79 Å². The van der Waals surface area contributed by atoms with Gasteiger partial charge in [0.05, 0.1) is 7.11 Å². The molecule has 1 atom stereocenters. The van der Waals surface area contributed by atoms with Crippen molar-refractivity contribution in [1.29, 1.82) is 0 Å². The number of halogens is 1. The largest absolute Gasteiger partial charge is 0.493 e. The van der Waals surface area contributed by atoms with E-state index in [0.717, 1.165) is 6.42 Å². The van der Waals surface area contributed by atoms with Crippen molar-refractivity contribution < 1.29 is 23.5 Å². The molecule has 2 N–H and O–H groups in total. The number of nitrogens with one attached hydrogen (secondary N) is 2. The molecule has 0 bridgehead atoms. The van der Waals surface area contributed by atoms with Gasteiger partial charge >= 0.3 is 0 Å². The molecule has 3 aromatic rings. The summed E-state index contributed by atoms with van der Waals surface area (Å²) in [6.07, 6.45) is 1.05. The van der Waals surface area contributed by atoms with Crippen LogP contribution in [0.2, 0.25) is 0 Å². The number of hydrogen-bond acceptors (Lipinski definition) is 4. The fraction of sp³-hybridized carbons (Fsp3) is 0.231. The second-order valence-electron chi connectivity index (χ2n) is 7.59. The van der Waals surface area contributed by atoms with Crippen LogP contribution < -0.4 is 20.1 Å². The van der Waals surface area contributed by atoms with Crippen molar-refractivity contribution in [3.63, 3.8) is 0 Å². The SMILES string of the molecule is CCC(C)c1ccc(NC(=O)c2ccc(OCC(=O)Nc3ccc(F)cc3)c(OC)c2)cc1. The third-order valence-electron chi connectivity index (χ3n) is 5.26. The van der Waals surface area contributed by atoms with Crippen molar-refractivity contribution in [1.82, 2.24) is 0 Å². The maximum Gasteiger partial charge on any atom is 0.262 e. The summed E-state index contributed by atoms with van der Waals surface area (Å²) in [7, 11) is 1.45. The Morgan fingerprint density at radius 2 is 1.55 bits per heavy atom. The predicted molar refractivity (Wildman–Crippen MR) is 127 cm³/mol. The lowest BCUT2D eigenvalue weighted by molar-refractivity contribution is -0.118. The number of carbonyl (C=O) groups is 2. The number of anilines is 2. The van der Waals surface area contributed by atoms with Gasteiger partial charge in [0.15, 0.2) is 18.1 Å². The third kappa shape index (κ3) is 6.55. The first-order valence-electron chi connectivity index (χ1n) is 10.7. The molecule has 7 heteroatoms. The maximum atomic E-state index is 13.0. The Kier molecular flexibility index (Phi) is 8.02. The van der Waals surface area contributed by atoms with E-state index >= 15 is 0 Å². The number of amides is 2. The van der Waals surface area contributed by atoms with Gasteiger partial charge in [-0.1, -0.05) is 26.0 Å². The van der Waals surface area contributed by atoms with Gasteiger partial charge in [-0.05, 0) is 72.5 Å². The minimum absolute atomic E-state index is 0.276.